The highest BCUT2D eigenvalue weighted by Gasteiger charge is 2.17. The van der Waals surface area contributed by atoms with Gasteiger partial charge in [-0.25, -0.2) is 0 Å². The first-order valence-electron chi connectivity index (χ1n) is 7.45. The van der Waals surface area contributed by atoms with Gasteiger partial charge in [0.15, 0.2) is 0 Å². The molecule has 0 fully saturated rings. The van der Waals surface area contributed by atoms with E-state index in [9.17, 15) is 4.79 Å². The van der Waals surface area contributed by atoms with Crippen LogP contribution in [-0.4, -0.2) is 29.3 Å². The molecule has 2 rings (SSSR count). The van der Waals surface area contributed by atoms with E-state index in [0.717, 1.165) is 23.9 Å². The molecule has 0 radical (unpaired) electrons. The Balaban J connectivity index is 2.20. The number of hydrogen-bond donors (Lipinski definition) is 0. The number of benzene rings is 2. The lowest BCUT2D eigenvalue weighted by Gasteiger charge is -2.27. The molecule has 0 bridgehead atoms. The fourth-order valence-corrected chi connectivity index (χ4v) is 2.73. The zero-order chi connectivity index (χ0) is 15.2. The van der Waals surface area contributed by atoms with Crippen LogP contribution in [-0.2, 0) is 11.2 Å². The molecule has 0 aliphatic carbocycles. The molecule has 0 aromatic heterocycles. The average molecular weight is 304 g/mol. The normalized spacial score (nSPS) is 11.0. The second-order valence-electron chi connectivity index (χ2n) is 5.54. The summed E-state index contributed by atoms with van der Waals surface area (Å²) in [5.41, 5.74) is 1.09. The summed E-state index contributed by atoms with van der Waals surface area (Å²) < 4.78 is 0. The van der Waals surface area contributed by atoms with Crippen molar-refractivity contribution < 1.29 is 4.79 Å². The molecule has 0 heterocycles. The lowest BCUT2D eigenvalue weighted by molar-refractivity contribution is -0.132. The second kappa shape index (κ2) is 7.46. The van der Waals surface area contributed by atoms with Gasteiger partial charge < -0.3 is 4.90 Å². The van der Waals surface area contributed by atoms with Crippen molar-refractivity contribution >= 4 is 28.3 Å². The molecule has 21 heavy (non-hydrogen) atoms. The number of rotatable bonds is 6. The summed E-state index contributed by atoms with van der Waals surface area (Å²) in [5, 5.41) is 2.34. The number of nitrogens with zero attached hydrogens (tertiary/aromatic N) is 1. The predicted molar refractivity (Wildman–Crippen MR) is 89.8 cm³/mol. The molecule has 2 nitrogen and oxygen atoms in total. The zero-order valence-electron chi connectivity index (χ0n) is 12.7. The van der Waals surface area contributed by atoms with Crippen LogP contribution < -0.4 is 0 Å². The number of carbonyl (C=O) groups excluding carboxylic acids is 1. The molecule has 112 valence electrons. The Kier molecular flexibility index (Phi) is 5.63. The molecule has 0 saturated carbocycles. The molecule has 0 saturated heterocycles. The largest absolute Gasteiger partial charge is 0.340 e. The van der Waals surface area contributed by atoms with Crippen molar-refractivity contribution in [3.63, 3.8) is 0 Å². The van der Waals surface area contributed by atoms with Crippen LogP contribution in [0.25, 0.3) is 10.8 Å². The minimum atomic E-state index is 0.173. The van der Waals surface area contributed by atoms with Gasteiger partial charge in [0.25, 0.3) is 0 Å². The molecule has 2 aromatic carbocycles. The third-order valence-electron chi connectivity index (χ3n) is 3.70. The summed E-state index contributed by atoms with van der Waals surface area (Å²) in [6.45, 7) is 4.83. The summed E-state index contributed by atoms with van der Waals surface area (Å²) in [7, 11) is 0. The maximum Gasteiger partial charge on any atom is 0.227 e. The molecule has 0 atom stereocenters. The fraction of sp³-hybridized carbons (Fsp3) is 0.389. The second-order valence-corrected chi connectivity index (χ2v) is 5.92. The van der Waals surface area contributed by atoms with Crippen LogP contribution in [0.4, 0.5) is 0 Å². The van der Waals surface area contributed by atoms with E-state index in [2.05, 4.69) is 32.0 Å². The maximum absolute atomic E-state index is 12.6. The number of amides is 1. The van der Waals surface area contributed by atoms with E-state index in [1.54, 1.807) is 0 Å². The minimum Gasteiger partial charge on any atom is -0.340 e. The maximum atomic E-state index is 12.6. The van der Waals surface area contributed by atoms with Crippen molar-refractivity contribution in [2.45, 2.75) is 32.7 Å². The Morgan fingerprint density at radius 3 is 2.57 bits per heavy atom. The van der Waals surface area contributed by atoms with Crippen molar-refractivity contribution in [3.05, 3.63) is 48.0 Å². The summed E-state index contributed by atoms with van der Waals surface area (Å²) in [6, 6.07) is 14.5. The fourth-order valence-electron chi connectivity index (χ4n) is 2.61. The molecule has 0 spiro atoms. The monoisotopic (exact) mass is 303 g/mol. The van der Waals surface area contributed by atoms with Crippen LogP contribution in [0.3, 0.4) is 0 Å². The van der Waals surface area contributed by atoms with Crippen molar-refractivity contribution in [1.29, 1.82) is 0 Å². The van der Waals surface area contributed by atoms with E-state index < -0.39 is 0 Å². The van der Waals surface area contributed by atoms with Crippen molar-refractivity contribution in [2.24, 2.45) is 0 Å². The quantitative estimate of drug-likeness (QED) is 0.731. The lowest BCUT2D eigenvalue weighted by Crippen LogP contribution is -2.38. The van der Waals surface area contributed by atoms with E-state index in [-0.39, 0.29) is 11.9 Å². The first-order chi connectivity index (χ1) is 10.1. The summed E-state index contributed by atoms with van der Waals surface area (Å²) >= 11 is 5.76. The number of halogens is 1. The number of hydrogen-bond acceptors (Lipinski definition) is 1. The van der Waals surface area contributed by atoms with E-state index in [1.165, 1.54) is 5.39 Å². The molecular formula is C18H22ClNO. The van der Waals surface area contributed by atoms with Gasteiger partial charge in [-0.2, -0.15) is 0 Å². The Bertz CT molecular complexity index is 604. The molecule has 1 amide bonds. The molecule has 3 heteroatoms. The summed E-state index contributed by atoms with van der Waals surface area (Å²) in [5.74, 6) is 0.761. The van der Waals surface area contributed by atoms with Gasteiger partial charge in [-0.3, -0.25) is 4.79 Å². The van der Waals surface area contributed by atoms with Gasteiger partial charge in [0.05, 0.1) is 6.42 Å². The van der Waals surface area contributed by atoms with Gasteiger partial charge in [-0.15, -0.1) is 11.6 Å². The molecular weight excluding hydrogens is 282 g/mol. The van der Waals surface area contributed by atoms with Crippen LogP contribution in [0.5, 0.6) is 0 Å². The highest BCUT2D eigenvalue weighted by atomic mass is 35.5. The van der Waals surface area contributed by atoms with Crippen LogP contribution >= 0.6 is 11.6 Å². The summed E-state index contributed by atoms with van der Waals surface area (Å²) in [6.07, 6.45) is 1.28. The number of alkyl halides is 1. The van der Waals surface area contributed by atoms with Crippen LogP contribution in [0.1, 0.15) is 25.8 Å². The van der Waals surface area contributed by atoms with E-state index in [0.29, 0.717) is 12.3 Å². The molecule has 0 aliphatic heterocycles. The number of carbonyl (C=O) groups is 1. The topological polar surface area (TPSA) is 20.3 Å². The van der Waals surface area contributed by atoms with E-state index in [1.807, 2.05) is 29.2 Å². The first kappa shape index (κ1) is 15.8. The summed E-state index contributed by atoms with van der Waals surface area (Å²) in [4.78, 5) is 14.5. The van der Waals surface area contributed by atoms with Crippen molar-refractivity contribution in [2.75, 3.05) is 12.4 Å². The Morgan fingerprint density at radius 1 is 1.14 bits per heavy atom. The van der Waals surface area contributed by atoms with Gasteiger partial charge in [-0.05, 0) is 36.6 Å². The van der Waals surface area contributed by atoms with Gasteiger partial charge in [0.1, 0.15) is 0 Å². The van der Waals surface area contributed by atoms with Crippen molar-refractivity contribution in [3.8, 4) is 0 Å². The van der Waals surface area contributed by atoms with Crippen LogP contribution in [0.2, 0.25) is 0 Å². The molecule has 0 N–H and O–H groups in total. The van der Waals surface area contributed by atoms with Crippen LogP contribution in [0.15, 0.2) is 42.5 Å². The standard InChI is InChI=1S/C18H22ClNO/c1-14(2)20(12-6-11-19)18(21)13-16-9-5-8-15-7-3-4-10-17(15)16/h3-5,7-10,14H,6,11-13H2,1-2H3. The Hall–Kier alpha value is -1.54. The SMILES string of the molecule is CC(C)N(CCCCl)C(=O)Cc1cccc2ccccc12. The minimum absolute atomic E-state index is 0.173. The zero-order valence-corrected chi connectivity index (χ0v) is 13.4. The smallest absolute Gasteiger partial charge is 0.227 e. The van der Waals surface area contributed by atoms with Gasteiger partial charge >= 0.3 is 0 Å². The lowest BCUT2D eigenvalue weighted by atomic mass is 10.0. The highest BCUT2D eigenvalue weighted by Crippen LogP contribution is 2.20. The average Bonchev–Trinajstić information content (AvgIpc) is 2.47. The third-order valence-corrected chi connectivity index (χ3v) is 3.97. The first-order valence-corrected chi connectivity index (χ1v) is 7.99. The van der Waals surface area contributed by atoms with E-state index in [4.69, 9.17) is 11.6 Å². The number of fused-ring (bicyclic) bond motifs is 1. The van der Waals surface area contributed by atoms with Gasteiger partial charge in [0.2, 0.25) is 5.91 Å². The predicted octanol–water partition coefficient (Wildman–Crippen LogP) is 4.25. The Labute approximate surface area is 131 Å². The highest BCUT2D eigenvalue weighted by molar-refractivity contribution is 6.17. The van der Waals surface area contributed by atoms with E-state index >= 15 is 0 Å². The third kappa shape index (κ3) is 3.98. The molecule has 0 aliphatic rings. The van der Waals surface area contributed by atoms with Gasteiger partial charge in [-0.1, -0.05) is 42.5 Å². The van der Waals surface area contributed by atoms with Gasteiger partial charge in [0, 0.05) is 18.5 Å². The Morgan fingerprint density at radius 2 is 1.86 bits per heavy atom. The van der Waals surface area contributed by atoms with Crippen molar-refractivity contribution in [1.82, 2.24) is 4.90 Å². The molecule has 0 unspecified atom stereocenters. The molecule has 2 aromatic rings. The van der Waals surface area contributed by atoms with Crippen LogP contribution in [0, 0.1) is 0 Å².